The Labute approximate surface area is 142 Å². The third kappa shape index (κ3) is 3.72. The van der Waals surface area contributed by atoms with Gasteiger partial charge in [-0.2, -0.15) is 4.98 Å². The van der Waals surface area contributed by atoms with Gasteiger partial charge in [-0.1, -0.05) is 18.2 Å². The Balaban J connectivity index is 1.70. The number of hydrogen-bond acceptors (Lipinski definition) is 4. The number of likely N-dealkylation sites (tertiary alicyclic amines) is 1. The maximum Gasteiger partial charge on any atom is 0.254 e. The second-order valence-electron chi connectivity index (χ2n) is 6.34. The minimum atomic E-state index is -0.0274. The third-order valence-corrected chi connectivity index (χ3v) is 4.27. The van der Waals surface area contributed by atoms with Crippen LogP contribution in [0.25, 0.3) is 0 Å². The highest BCUT2D eigenvalue weighted by Gasteiger charge is 2.26. The molecule has 0 bridgehead atoms. The average Bonchev–Trinajstić information content (AvgIpc) is 2.54. The molecule has 0 radical (unpaired) electrons. The van der Waals surface area contributed by atoms with E-state index in [2.05, 4.69) is 9.97 Å². The van der Waals surface area contributed by atoms with Gasteiger partial charge in [0.05, 0.1) is 6.54 Å². The van der Waals surface area contributed by atoms with E-state index in [1.165, 1.54) is 0 Å². The lowest BCUT2D eigenvalue weighted by Gasteiger charge is -2.33. The van der Waals surface area contributed by atoms with Crippen LogP contribution in [-0.2, 0) is 0 Å². The minimum absolute atomic E-state index is 0.0274. The zero-order valence-corrected chi connectivity index (χ0v) is 14.5. The highest BCUT2D eigenvalue weighted by atomic mass is 16.5. The molecule has 1 unspecified atom stereocenters. The summed E-state index contributed by atoms with van der Waals surface area (Å²) in [5.74, 6) is 1.38. The maximum atomic E-state index is 12.8. The standard InChI is InChI=1S/C19H23N3O2/c1-13-7-4-5-9-17(13)19(23)22-10-6-8-16(12-22)24-18-11-14(2)20-15(3)21-18/h4-5,7,9,11,16H,6,8,10,12H2,1-3H3. The quantitative estimate of drug-likeness (QED) is 0.870. The van der Waals surface area contributed by atoms with Crippen LogP contribution in [0.4, 0.5) is 0 Å². The Morgan fingerprint density at radius 3 is 2.75 bits per heavy atom. The van der Waals surface area contributed by atoms with Crippen LogP contribution in [0.2, 0.25) is 0 Å². The van der Waals surface area contributed by atoms with E-state index < -0.39 is 0 Å². The van der Waals surface area contributed by atoms with Crippen molar-refractivity contribution in [2.24, 2.45) is 0 Å². The summed E-state index contributed by atoms with van der Waals surface area (Å²) in [6.45, 7) is 7.12. The van der Waals surface area contributed by atoms with Crippen LogP contribution in [0.1, 0.15) is 40.3 Å². The van der Waals surface area contributed by atoms with Crippen LogP contribution in [0.15, 0.2) is 30.3 Å². The summed E-state index contributed by atoms with van der Waals surface area (Å²) in [6, 6.07) is 9.56. The molecule has 2 aromatic rings. The molecule has 1 fully saturated rings. The van der Waals surface area contributed by atoms with Crippen LogP contribution in [0.5, 0.6) is 5.88 Å². The second-order valence-corrected chi connectivity index (χ2v) is 6.34. The summed E-state index contributed by atoms with van der Waals surface area (Å²) < 4.78 is 6.02. The molecule has 126 valence electrons. The number of benzene rings is 1. The smallest absolute Gasteiger partial charge is 0.254 e. The van der Waals surface area contributed by atoms with E-state index in [9.17, 15) is 4.79 Å². The van der Waals surface area contributed by atoms with Gasteiger partial charge in [-0.15, -0.1) is 0 Å². The van der Waals surface area contributed by atoms with E-state index in [1.807, 2.05) is 56.0 Å². The first kappa shape index (κ1) is 16.4. The number of piperidine rings is 1. The summed E-state index contributed by atoms with van der Waals surface area (Å²) in [4.78, 5) is 23.3. The molecule has 1 amide bonds. The number of hydrogen-bond donors (Lipinski definition) is 0. The summed E-state index contributed by atoms with van der Waals surface area (Å²) in [5.41, 5.74) is 2.67. The van der Waals surface area contributed by atoms with Crippen molar-refractivity contribution in [1.29, 1.82) is 0 Å². The van der Waals surface area contributed by atoms with Crippen molar-refractivity contribution < 1.29 is 9.53 Å². The van der Waals surface area contributed by atoms with E-state index in [0.29, 0.717) is 18.2 Å². The first-order chi connectivity index (χ1) is 11.5. The monoisotopic (exact) mass is 325 g/mol. The number of aromatic nitrogens is 2. The Kier molecular flexibility index (Phi) is 4.79. The molecule has 0 N–H and O–H groups in total. The molecule has 1 aromatic heterocycles. The fourth-order valence-electron chi connectivity index (χ4n) is 3.12. The maximum absolute atomic E-state index is 12.8. The van der Waals surface area contributed by atoms with Crippen LogP contribution in [-0.4, -0.2) is 40.0 Å². The Bertz CT molecular complexity index is 725. The molecule has 0 aliphatic carbocycles. The lowest BCUT2D eigenvalue weighted by molar-refractivity contribution is 0.0526. The highest BCUT2D eigenvalue weighted by Crippen LogP contribution is 2.20. The van der Waals surface area contributed by atoms with Crippen molar-refractivity contribution in [3.63, 3.8) is 0 Å². The van der Waals surface area contributed by atoms with E-state index in [1.54, 1.807) is 0 Å². The normalized spacial score (nSPS) is 17.6. The Morgan fingerprint density at radius 1 is 1.21 bits per heavy atom. The number of ether oxygens (including phenoxy) is 1. The molecule has 0 saturated carbocycles. The van der Waals surface area contributed by atoms with Gasteiger partial charge in [-0.25, -0.2) is 4.98 Å². The highest BCUT2D eigenvalue weighted by molar-refractivity contribution is 5.95. The fourth-order valence-corrected chi connectivity index (χ4v) is 3.12. The van der Waals surface area contributed by atoms with Gasteiger partial charge in [0.15, 0.2) is 0 Å². The summed E-state index contributed by atoms with van der Waals surface area (Å²) in [5, 5.41) is 0. The largest absolute Gasteiger partial charge is 0.472 e. The number of carbonyl (C=O) groups is 1. The van der Waals surface area contributed by atoms with Crippen molar-refractivity contribution >= 4 is 5.91 Å². The molecule has 0 spiro atoms. The van der Waals surface area contributed by atoms with E-state index in [4.69, 9.17) is 4.74 Å². The van der Waals surface area contributed by atoms with Gasteiger partial charge in [0, 0.05) is 23.9 Å². The van der Waals surface area contributed by atoms with Crippen molar-refractivity contribution in [2.75, 3.05) is 13.1 Å². The van der Waals surface area contributed by atoms with Gasteiger partial charge in [-0.3, -0.25) is 4.79 Å². The fraction of sp³-hybridized carbons (Fsp3) is 0.421. The zero-order chi connectivity index (χ0) is 17.1. The van der Waals surface area contributed by atoms with Gasteiger partial charge < -0.3 is 9.64 Å². The molecule has 1 aliphatic heterocycles. The van der Waals surface area contributed by atoms with Gasteiger partial charge >= 0.3 is 0 Å². The lowest BCUT2D eigenvalue weighted by atomic mass is 10.0. The zero-order valence-electron chi connectivity index (χ0n) is 14.5. The molecular weight excluding hydrogens is 302 g/mol. The van der Waals surface area contributed by atoms with E-state index in [0.717, 1.165) is 36.2 Å². The average molecular weight is 325 g/mol. The van der Waals surface area contributed by atoms with E-state index >= 15 is 0 Å². The minimum Gasteiger partial charge on any atom is -0.472 e. The number of aryl methyl sites for hydroxylation is 3. The predicted molar refractivity (Wildman–Crippen MR) is 92.2 cm³/mol. The Morgan fingerprint density at radius 2 is 2.00 bits per heavy atom. The molecule has 1 saturated heterocycles. The van der Waals surface area contributed by atoms with Crippen molar-refractivity contribution in [3.8, 4) is 5.88 Å². The van der Waals surface area contributed by atoms with Gasteiger partial charge in [0.25, 0.3) is 5.91 Å². The lowest BCUT2D eigenvalue weighted by Crippen LogP contribution is -2.44. The van der Waals surface area contributed by atoms with Crippen LogP contribution in [0.3, 0.4) is 0 Å². The molecule has 1 aliphatic rings. The molecule has 3 rings (SSSR count). The molecule has 5 nitrogen and oxygen atoms in total. The molecular formula is C19H23N3O2. The van der Waals surface area contributed by atoms with Crippen molar-refractivity contribution in [3.05, 3.63) is 53.0 Å². The molecule has 2 heterocycles. The SMILES string of the molecule is Cc1cc(OC2CCCN(C(=O)c3ccccc3C)C2)nc(C)n1. The van der Waals surface area contributed by atoms with Gasteiger partial charge in [-0.05, 0) is 45.2 Å². The number of rotatable bonds is 3. The second kappa shape index (κ2) is 6.99. The van der Waals surface area contributed by atoms with Crippen LogP contribution in [0, 0.1) is 20.8 Å². The first-order valence-corrected chi connectivity index (χ1v) is 8.37. The van der Waals surface area contributed by atoms with Crippen LogP contribution < -0.4 is 4.74 Å². The third-order valence-electron chi connectivity index (χ3n) is 4.27. The van der Waals surface area contributed by atoms with Crippen molar-refractivity contribution in [1.82, 2.24) is 14.9 Å². The molecule has 5 heteroatoms. The molecule has 1 aromatic carbocycles. The van der Waals surface area contributed by atoms with Crippen molar-refractivity contribution in [2.45, 2.75) is 39.7 Å². The number of amides is 1. The van der Waals surface area contributed by atoms with Crippen LogP contribution >= 0.6 is 0 Å². The summed E-state index contributed by atoms with van der Waals surface area (Å²) >= 11 is 0. The first-order valence-electron chi connectivity index (χ1n) is 8.37. The number of carbonyl (C=O) groups excluding carboxylic acids is 1. The topological polar surface area (TPSA) is 55.3 Å². The molecule has 24 heavy (non-hydrogen) atoms. The molecule has 1 atom stereocenters. The number of nitrogens with zero attached hydrogens (tertiary/aromatic N) is 3. The Hall–Kier alpha value is -2.43. The predicted octanol–water partition coefficient (Wildman–Crippen LogP) is 3.09. The van der Waals surface area contributed by atoms with Gasteiger partial charge in [0.2, 0.25) is 5.88 Å². The summed E-state index contributed by atoms with van der Waals surface area (Å²) in [7, 11) is 0. The van der Waals surface area contributed by atoms with Gasteiger partial charge in [0.1, 0.15) is 11.9 Å². The van der Waals surface area contributed by atoms with E-state index in [-0.39, 0.29) is 12.0 Å². The summed E-state index contributed by atoms with van der Waals surface area (Å²) in [6.07, 6.45) is 1.84.